The summed E-state index contributed by atoms with van der Waals surface area (Å²) >= 11 is 6.23. The van der Waals surface area contributed by atoms with E-state index in [9.17, 15) is 13.2 Å². The van der Waals surface area contributed by atoms with Gasteiger partial charge in [-0.1, -0.05) is 0 Å². The van der Waals surface area contributed by atoms with Gasteiger partial charge in [-0.05, 0) is 76.5 Å². The molecule has 0 aromatic carbocycles. The highest BCUT2D eigenvalue weighted by Gasteiger charge is 2.44. The number of sulfonamides is 1. The van der Waals surface area contributed by atoms with Gasteiger partial charge in [0, 0.05) is 19.0 Å². The Morgan fingerprint density at radius 2 is 1.76 bits per heavy atom. The molecule has 2 aliphatic heterocycles. The number of hydrogen-bond acceptors (Lipinski definition) is 7. The van der Waals surface area contributed by atoms with Gasteiger partial charge in [-0.25, -0.2) is 19.3 Å². The molecule has 0 spiro atoms. The van der Waals surface area contributed by atoms with E-state index in [1.165, 1.54) is 4.31 Å². The second-order valence-corrected chi connectivity index (χ2v) is 12.7. The topological polar surface area (TPSA) is 109 Å². The Kier molecular flexibility index (Phi) is 8.92. The van der Waals surface area contributed by atoms with Crippen LogP contribution in [-0.2, 0) is 24.3 Å². The lowest BCUT2D eigenvalue weighted by Crippen LogP contribution is -2.55. The zero-order chi connectivity index (χ0) is 23.4. The van der Waals surface area contributed by atoms with E-state index in [1.54, 1.807) is 7.11 Å². The molecule has 2 heterocycles. The summed E-state index contributed by atoms with van der Waals surface area (Å²) in [6, 6.07) is -0.701. The van der Waals surface area contributed by atoms with Crippen LogP contribution in [0.2, 0.25) is 0 Å². The zero-order valence-electron chi connectivity index (χ0n) is 19.5. The van der Waals surface area contributed by atoms with E-state index in [0.29, 0.717) is 50.7 Å². The van der Waals surface area contributed by atoms with Crippen molar-refractivity contribution in [1.29, 1.82) is 0 Å². The number of halogens is 1. The van der Waals surface area contributed by atoms with Crippen molar-refractivity contribution in [3.63, 3.8) is 0 Å². The van der Waals surface area contributed by atoms with Crippen molar-refractivity contribution in [3.8, 4) is 0 Å². The van der Waals surface area contributed by atoms with Crippen LogP contribution in [0.15, 0.2) is 0 Å². The van der Waals surface area contributed by atoms with Crippen LogP contribution in [0.1, 0.15) is 70.6 Å². The molecule has 0 radical (unpaired) electrons. The van der Waals surface area contributed by atoms with E-state index in [2.05, 4.69) is 16.2 Å². The molecule has 3 N–H and O–H groups in total. The molecule has 33 heavy (non-hydrogen) atoms. The van der Waals surface area contributed by atoms with Crippen LogP contribution in [-0.4, -0.2) is 74.1 Å². The number of hydrogen-bond donors (Lipinski definition) is 3. The Labute approximate surface area is 202 Å². The zero-order valence-corrected chi connectivity index (χ0v) is 21.1. The van der Waals surface area contributed by atoms with E-state index in [0.717, 1.165) is 38.5 Å². The average Bonchev–Trinajstić information content (AvgIpc) is 3.19. The number of carbonyl (C=O) groups is 1. The van der Waals surface area contributed by atoms with E-state index in [1.807, 2.05) is 0 Å². The Morgan fingerprint density at radius 3 is 2.45 bits per heavy atom. The predicted octanol–water partition coefficient (Wildman–Crippen LogP) is 1.82. The van der Waals surface area contributed by atoms with Crippen LogP contribution in [0.5, 0.6) is 0 Å². The minimum Gasteiger partial charge on any atom is -0.381 e. The molecule has 2 aliphatic carbocycles. The van der Waals surface area contributed by atoms with Crippen LogP contribution >= 0.6 is 11.6 Å². The highest BCUT2D eigenvalue weighted by Crippen LogP contribution is 2.33. The molecule has 0 aromatic heterocycles. The molecular weight excluding hydrogens is 468 g/mol. The molecule has 2 saturated heterocycles. The molecule has 4 fully saturated rings. The van der Waals surface area contributed by atoms with Crippen molar-refractivity contribution < 1.29 is 22.7 Å². The lowest BCUT2D eigenvalue weighted by molar-refractivity contribution is -0.125. The summed E-state index contributed by atoms with van der Waals surface area (Å²) in [5.41, 5.74) is 6.37. The second kappa shape index (κ2) is 11.5. The first-order valence-electron chi connectivity index (χ1n) is 12.5. The van der Waals surface area contributed by atoms with Crippen molar-refractivity contribution in [1.82, 2.24) is 20.5 Å². The number of methoxy groups -OCH3 is 1. The van der Waals surface area contributed by atoms with Gasteiger partial charge in [-0.15, -0.1) is 11.6 Å². The van der Waals surface area contributed by atoms with Crippen molar-refractivity contribution in [2.45, 2.75) is 106 Å². The van der Waals surface area contributed by atoms with Crippen LogP contribution in [0.4, 0.5) is 0 Å². The quantitative estimate of drug-likeness (QED) is 0.452. The number of carbonyl (C=O) groups excluding carboxylic acids is 1. The summed E-state index contributed by atoms with van der Waals surface area (Å²) in [5.74, 6) is 0.140. The molecule has 0 bridgehead atoms. The number of ether oxygens (including phenoxy) is 2. The fourth-order valence-corrected chi connectivity index (χ4v) is 8.05. The summed E-state index contributed by atoms with van der Waals surface area (Å²) in [6.07, 6.45) is 8.25. The van der Waals surface area contributed by atoms with Gasteiger partial charge in [-0.2, -0.15) is 4.31 Å². The smallest absolute Gasteiger partial charge is 0.238 e. The Hall–Kier alpha value is -0.490. The molecule has 3 atom stereocenters. The van der Waals surface area contributed by atoms with Gasteiger partial charge in [-0.3, -0.25) is 4.79 Å². The average molecular weight is 507 g/mol. The van der Waals surface area contributed by atoms with Crippen molar-refractivity contribution in [3.05, 3.63) is 0 Å². The second-order valence-electron chi connectivity index (χ2n) is 9.90. The van der Waals surface area contributed by atoms with Crippen molar-refractivity contribution in [2.75, 3.05) is 20.2 Å². The van der Waals surface area contributed by atoms with E-state index >= 15 is 0 Å². The van der Waals surface area contributed by atoms with E-state index < -0.39 is 27.5 Å². The maximum absolute atomic E-state index is 13.8. The molecule has 4 aliphatic rings. The number of amides is 1. The predicted molar refractivity (Wildman–Crippen MR) is 126 cm³/mol. The molecule has 0 aromatic rings. The van der Waals surface area contributed by atoms with Crippen LogP contribution < -0.4 is 16.2 Å². The lowest BCUT2D eigenvalue weighted by Gasteiger charge is -2.35. The standard InChI is InChI=1S/C22H39ClN4O5S/c1-31-17-9-5-15(6-10-17)22-26-25-20(32-22)14-27(19-4-2-3-13-24-21(19)28)33(29,30)18-11-7-16(23)8-12-18/h15-20,22,25-26H,2-14H2,1H3,(H,24,28)/t15?,16?,17?,18?,19-,20?,22?/m1/s1. The fourth-order valence-electron chi connectivity index (χ4n) is 5.65. The minimum absolute atomic E-state index is 0.0315. The molecule has 9 nitrogen and oxygen atoms in total. The highest BCUT2D eigenvalue weighted by atomic mass is 35.5. The number of alkyl halides is 1. The minimum atomic E-state index is -3.69. The first kappa shape index (κ1) is 25.6. The third-order valence-corrected chi connectivity index (χ3v) is 10.5. The lowest BCUT2D eigenvalue weighted by atomic mass is 9.86. The molecule has 11 heteroatoms. The van der Waals surface area contributed by atoms with E-state index in [4.69, 9.17) is 21.1 Å². The maximum atomic E-state index is 13.8. The Bertz CT molecular complexity index is 756. The molecule has 2 saturated carbocycles. The van der Waals surface area contributed by atoms with Crippen LogP contribution in [0.3, 0.4) is 0 Å². The molecule has 190 valence electrons. The van der Waals surface area contributed by atoms with Gasteiger partial charge in [0.1, 0.15) is 18.5 Å². The monoisotopic (exact) mass is 506 g/mol. The van der Waals surface area contributed by atoms with Gasteiger partial charge < -0.3 is 14.8 Å². The SMILES string of the molecule is COC1CCC(C2NNC(CN([C@@H]3CCCCNC3=O)S(=O)(=O)C3CCC(Cl)CC3)O2)CC1. The van der Waals surface area contributed by atoms with Gasteiger partial charge >= 0.3 is 0 Å². The largest absolute Gasteiger partial charge is 0.381 e. The number of hydrazine groups is 1. The first-order valence-corrected chi connectivity index (χ1v) is 14.4. The fraction of sp³-hybridized carbons (Fsp3) is 0.955. The van der Waals surface area contributed by atoms with Gasteiger partial charge in [0.15, 0.2) is 0 Å². The highest BCUT2D eigenvalue weighted by molar-refractivity contribution is 7.89. The third kappa shape index (κ3) is 6.20. The van der Waals surface area contributed by atoms with E-state index in [-0.39, 0.29) is 24.1 Å². The molecule has 1 amide bonds. The Morgan fingerprint density at radius 1 is 1.03 bits per heavy atom. The normalized spacial score (nSPS) is 38.8. The van der Waals surface area contributed by atoms with Crippen LogP contribution in [0.25, 0.3) is 0 Å². The first-order chi connectivity index (χ1) is 15.9. The molecule has 2 unspecified atom stereocenters. The summed E-state index contributed by atoms with van der Waals surface area (Å²) in [5, 5.41) is 2.43. The number of nitrogens with zero attached hydrogens (tertiary/aromatic N) is 1. The third-order valence-electron chi connectivity index (χ3n) is 7.73. The number of rotatable bonds is 7. The maximum Gasteiger partial charge on any atom is 0.238 e. The number of nitrogens with one attached hydrogen (secondary N) is 3. The van der Waals surface area contributed by atoms with Crippen LogP contribution in [0, 0.1) is 5.92 Å². The summed E-state index contributed by atoms with van der Waals surface area (Å²) in [7, 11) is -1.93. The Balaban J connectivity index is 1.45. The van der Waals surface area contributed by atoms with Gasteiger partial charge in [0.25, 0.3) is 0 Å². The summed E-state index contributed by atoms with van der Waals surface area (Å²) < 4.78 is 40.7. The van der Waals surface area contributed by atoms with Gasteiger partial charge in [0.2, 0.25) is 15.9 Å². The molecular formula is C22H39ClN4O5S. The summed E-state index contributed by atoms with van der Waals surface area (Å²) in [6.45, 7) is 0.699. The molecule has 4 rings (SSSR count). The van der Waals surface area contributed by atoms with Gasteiger partial charge in [0.05, 0.1) is 17.9 Å². The van der Waals surface area contributed by atoms with Crippen molar-refractivity contribution >= 4 is 27.5 Å². The van der Waals surface area contributed by atoms with Crippen molar-refractivity contribution in [2.24, 2.45) is 5.92 Å². The summed E-state index contributed by atoms with van der Waals surface area (Å²) in [4.78, 5) is 12.9.